The Labute approximate surface area is 96.4 Å². The molecule has 0 aliphatic heterocycles. The highest BCUT2D eigenvalue weighted by atomic mass is 35.5. The first-order valence-electron chi connectivity index (χ1n) is 4.55. The maximum absolute atomic E-state index is 13.2. The number of aromatic amines is 1. The lowest BCUT2D eigenvalue weighted by atomic mass is 10.2. The maximum Gasteiger partial charge on any atom is 0.181 e. The van der Waals surface area contributed by atoms with Gasteiger partial charge in [-0.1, -0.05) is 0 Å². The van der Waals surface area contributed by atoms with Crippen LogP contribution in [0, 0.1) is 5.82 Å². The zero-order valence-electron chi connectivity index (χ0n) is 8.50. The van der Waals surface area contributed by atoms with Crippen molar-refractivity contribution >= 4 is 11.6 Å². The monoisotopic (exact) mass is 241 g/mol. The van der Waals surface area contributed by atoms with Gasteiger partial charge in [0.2, 0.25) is 0 Å². The number of rotatable bonds is 3. The minimum atomic E-state index is -0.417. The molecule has 2 rings (SSSR count). The first kappa shape index (κ1) is 10.9. The Morgan fingerprint density at radius 3 is 2.94 bits per heavy atom. The maximum atomic E-state index is 13.2. The molecule has 0 bridgehead atoms. The molecular weight excluding hydrogens is 233 g/mol. The zero-order valence-corrected chi connectivity index (χ0v) is 9.25. The van der Waals surface area contributed by atoms with Crippen LogP contribution in [0.25, 0.3) is 11.4 Å². The van der Waals surface area contributed by atoms with Crippen molar-refractivity contribution in [1.29, 1.82) is 0 Å². The number of ether oxygens (including phenoxy) is 1. The Morgan fingerprint density at radius 1 is 1.50 bits per heavy atom. The van der Waals surface area contributed by atoms with E-state index in [0.29, 0.717) is 17.2 Å². The van der Waals surface area contributed by atoms with Crippen LogP contribution in [0.15, 0.2) is 18.2 Å². The molecule has 6 heteroatoms. The molecule has 84 valence electrons. The molecule has 1 heterocycles. The number of halogens is 2. The Hall–Kier alpha value is -1.62. The summed E-state index contributed by atoms with van der Waals surface area (Å²) in [5, 5.41) is 6.64. The van der Waals surface area contributed by atoms with E-state index in [2.05, 4.69) is 15.2 Å². The van der Waals surface area contributed by atoms with Crippen molar-refractivity contribution < 1.29 is 9.13 Å². The molecule has 1 aromatic carbocycles. The quantitative estimate of drug-likeness (QED) is 0.840. The fraction of sp³-hybridized carbons (Fsp3) is 0.200. The number of hydrogen-bond acceptors (Lipinski definition) is 3. The minimum Gasteiger partial charge on any atom is -0.494 e. The van der Waals surface area contributed by atoms with E-state index >= 15 is 0 Å². The summed E-state index contributed by atoms with van der Waals surface area (Å²) < 4.78 is 18.0. The van der Waals surface area contributed by atoms with E-state index < -0.39 is 5.82 Å². The SMILES string of the molecule is COc1cc(-c2n[nH]c(CCl)n2)ccc1F. The van der Waals surface area contributed by atoms with E-state index in [1.807, 2.05) is 0 Å². The number of nitrogens with one attached hydrogen (secondary N) is 1. The second-order valence-electron chi connectivity index (χ2n) is 3.09. The fourth-order valence-corrected chi connectivity index (χ4v) is 1.40. The molecule has 0 unspecified atom stereocenters. The average Bonchev–Trinajstić information content (AvgIpc) is 2.78. The van der Waals surface area contributed by atoms with Crippen LogP contribution in [-0.2, 0) is 5.88 Å². The normalized spacial score (nSPS) is 10.4. The van der Waals surface area contributed by atoms with E-state index in [1.54, 1.807) is 6.07 Å². The number of nitrogens with zero attached hydrogens (tertiary/aromatic N) is 2. The highest BCUT2D eigenvalue weighted by Gasteiger charge is 2.09. The summed E-state index contributed by atoms with van der Waals surface area (Å²) in [6.07, 6.45) is 0. The molecule has 0 aliphatic carbocycles. The molecule has 0 amide bonds. The summed E-state index contributed by atoms with van der Waals surface area (Å²) in [7, 11) is 1.41. The Morgan fingerprint density at radius 2 is 2.31 bits per heavy atom. The van der Waals surface area contributed by atoms with E-state index in [9.17, 15) is 4.39 Å². The molecule has 1 N–H and O–H groups in total. The fourth-order valence-electron chi connectivity index (χ4n) is 1.28. The summed E-state index contributed by atoms with van der Waals surface area (Å²) in [4.78, 5) is 4.13. The van der Waals surface area contributed by atoms with Gasteiger partial charge in [-0.05, 0) is 18.2 Å². The minimum absolute atomic E-state index is 0.162. The van der Waals surface area contributed by atoms with Gasteiger partial charge in [0.25, 0.3) is 0 Å². The third kappa shape index (κ3) is 1.99. The topological polar surface area (TPSA) is 50.8 Å². The number of hydrogen-bond donors (Lipinski definition) is 1. The molecule has 0 aliphatic rings. The lowest BCUT2D eigenvalue weighted by molar-refractivity contribution is 0.387. The second-order valence-corrected chi connectivity index (χ2v) is 3.36. The van der Waals surface area contributed by atoms with E-state index in [1.165, 1.54) is 19.2 Å². The van der Waals surface area contributed by atoms with Gasteiger partial charge in [0, 0.05) is 5.56 Å². The lowest BCUT2D eigenvalue weighted by Crippen LogP contribution is -1.89. The molecule has 0 fully saturated rings. The van der Waals surface area contributed by atoms with Gasteiger partial charge < -0.3 is 4.74 Å². The van der Waals surface area contributed by atoms with Crippen LogP contribution in [0.1, 0.15) is 5.82 Å². The first-order valence-corrected chi connectivity index (χ1v) is 5.09. The largest absolute Gasteiger partial charge is 0.494 e. The Kier molecular flexibility index (Phi) is 3.05. The predicted molar refractivity (Wildman–Crippen MR) is 57.9 cm³/mol. The summed E-state index contributed by atoms with van der Waals surface area (Å²) >= 11 is 5.59. The molecule has 0 spiro atoms. The molecule has 0 radical (unpaired) electrons. The summed E-state index contributed by atoms with van der Waals surface area (Å²) in [6, 6.07) is 4.43. The molecule has 16 heavy (non-hydrogen) atoms. The molecule has 0 atom stereocenters. The smallest absolute Gasteiger partial charge is 0.181 e. The lowest BCUT2D eigenvalue weighted by Gasteiger charge is -2.02. The summed E-state index contributed by atoms with van der Waals surface area (Å²) in [5.74, 6) is 1.04. The number of benzene rings is 1. The molecule has 0 saturated carbocycles. The first-order chi connectivity index (χ1) is 7.74. The van der Waals surface area contributed by atoms with Gasteiger partial charge in [-0.2, -0.15) is 5.10 Å². The van der Waals surface area contributed by atoms with Crippen LogP contribution in [0.4, 0.5) is 4.39 Å². The predicted octanol–water partition coefficient (Wildman–Crippen LogP) is 2.36. The van der Waals surface area contributed by atoms with Gasteiger partial charge in [-0.25, -0.2) is 9.37 Å². The molecule has 4 nitrogen and oxygen atoms in total. The van der Waals surface area contributed by atoms with Crippen LogP contribution in [0.2, 0.25) is 0 Å². The van der Waals surface area contributed by atoms with E-state index in [-0.39, 0.29) is 11.6 Å². The average molecular weight is 242 g/mol. The molecule has 0 saturated heterocycles. The van der Waals surface area contributed by atoms with Crippen LogP contribution in [-0.4, -0.2) is 22.3 Å². The van der Waals surface area contributed by atoms with Gasteiger partial charge in [0.1, 0.15) is 5.82 Å². The van der Waals surface area contributed by atoms with Gasteiger partial charge in [0.05, 0.1) is 13.0 Å². The Bertz CT molecular complexity index is 501. The third-order valence-corrected chi connectivity index (χ3v) is 2.32. The van der Waals surface area contributed by atoms with Gasteiger partial charge in [-0.3, -0.25) is 5.10 Å². The molecular formula is C10H9ClFN3O. The van der Waals surface area contributed by atoms with Crippen molar-refractivity contribution in [2.24, 2.45) is 0 Å². The van der Waals surface area contributed by atoms with Crippen molar-refractivity contribution in [3.05, 3.63) is 29.8 Å². The van der Waals surface area contributed by atoms with Crippen LogP contribution >= 0.6 is 11.6 Å². The third-order valence-electron chi connectivity index (χ3n) is 2.07. The molecule has 1 aromatic heterocycles. The van der Waals surface area contributed by atoms with Gasteiger partial charge in [-0.15, -0.1) is 11.6 Å². The number of methoxy groups -OCH3 is 1. The van der Waals surface area contributed by atoms with Crippen LogP contribution in [0.3, 0.4) is 0 Å². The highest BCUT2D eigenvalue weighted by Crippen LogP contribution is 2.23. The van der Waals surface area contributed by atoms with Gasteiger partial charge in [0.15, 0.2) is 17.4 Å². The number of alkyl halides is 1. The van der Waals surface area contributed by atoms with Crippen molar-refractivity contribution in [3.63, 3.8) is 0 Å². The van der Waals surface area contributed by atoms with Crippen molar-refractivity contribution in [3.8, 4) is 17.1 Å². The summed E-state index contributed by atoms with van der Waals surface area (Å²) in [6.45, 7) is 0. The van der Waals surface area contributed by atoms with Crippen LogP contribution < -0.4 is 4.74 Å². The zero-order chi connectivity index (χ0) is 11.5. The number of aromatic nitrogens is 3. The van der Waals surface area contributed by atoms with Gasteiger partial charge >= 0.3 is 0 Å². The van der Waals surface area contributed by atoms with Crippen molar-refractivity contribution in [2.75, 3.05) is 7.11 Å². The van der Waals surface area contributed by atoms with E-state index in [4.69, 9.17) is 16.3 Å². The second kappa shape index (κ2) is 4.49. The number of H-pyrrole nitrogens is 1. The van der Waals surface area contributed by atoms with E-state index in [0.717, 1.165) is 0 Å². The van der Waals surface area contributed by atoms with Crippen molar-refractivity contribution in [2.45, 2.75) is 5.88 Å². The van der Waals surface area contributed by atoms with Crippen LogP contribution in [0.5, 0.6) is 5.75 Å². The van der Waals surface area contributed by atoms with Crippen molar-refractivity contribution in [1.82, 2.24) is 15.2 Å². The highest BCUT2D eigenvalue weighted by molar-refractivity contribution is 6.16. The standard InChI is InChI=1S/C10H9ClFN3O/c1-16-8-4-6(2-3-7(8)12)10-13-9(5-11)14-15-10/h2-4H,5H2,1H3,(H,13,14,15). The molecule has 2 aromatic rings. The Balaban J connectivity index is 2.40. The summed E-state index contributed by atoms with van der Waals surface area (Å²) in [5.41, 5.74) is 0.672.